The first-order valence-electron chi connectivity index (χ1n) is 10.7. The lowest BCUT2D eigenvalue weighted by molar-refractivity contribution is 0.0950. The van der Waals surface area contributed by atoms with Crippen molar-refractivity contribution in [3.8, 4) is 5.69 Å². The number of aryl methyl sites for hydroxylation is 1. The summed E-state index contributed by atoms with van der Waals surface area (Å²) in [5, 5.41) is 14.3. The fourth-order valence-corrected chi connectivity index (χ4v) is 3.37. The molecule has 0 fully saturated rings. The zero-order chi connectivity index (χ0) is 23.4. The van der Waals surface area contributed by atoms with Crippen molar-refractivity contribution in [2.75, 3.05) is 5.32 Å². The third-order valence-electron chi connectivity index (χ3n) is 5.14. The molecule has 0 saturated heterocycles. The number of carbonyl (C=O) groups is 2. The number of anilines is 1. The molecule has 8 nitrogen and oxygen atoms in total. The molecule has 0 bridgehead atoms. The molecule has 0 atom stereocenters. The van der Waals surface area contributed by atoms with Crippen molar-refractivity contribution in [2.24, 2.45) is 0 Å². The van der Waals surface area contributed by atoms with Crippen LogP contribution >= 0.6 is 0 Å². The van der Waals surface area contributed by atoms with Gasteiger partial charge >= 0.3 is 0 Å². The first kappa shape index (κ1) is 22.0. The van der Waals surface area contributed by atoms with E-state index in [9.17, 15) is 9.59 Å². The Bertz CT molecular complexity index is 1290. The number of benzene rings is 2. The van der Waals surface area contributed by atoms with Crippen molar-refractivity contribution in [3.63, 3.8) is 0 Å². The molecule has 0 aliphatic carbocycles. The van der Waals surface area contributed by atoms with Gasteiger partial charge in [0, 0.05) is 30.5 Å². The molecular weight excluding hydrogens is 416 g/mol. The maximum Gasteiger partial charge on any atom is 0.255 e. The summed E-state index contributed by atoms with van der Waals surface area (Å²) in [5.74, 6) is -0.456. The molecule has 0 saturated carbocycles. The molecular formula is C25H26N6O2. The highest BCUT2D eigenvalue weighted by molar-refractivity contribution is 6.04. The normalized spacial score (nSPS) is 10.9. The van der Waals surface area contributed by atoms with Gasteiger partial charge in [0.05, 0.1) is 29.3 Å². The van der Waals surface area contributed by atoms with Crippen LogP contribution < -0.4 is 10.6 Å². The molecule has 8 heteroatoms. The van der Waals surface area contributed by atoms with Gasteiger partial charge in [-0.05, 0) is 44.5 Å². The fraction of sp³-hybridized carbons (Fsp3) is 0.200. The molecule has 0 spiro atoms. The van der Waals surface area contributed by atoms with Gasteiger partial charge in [-0.25, -0.2) is 4.68 Å². The van der Waals surface area contributed by atoms with Crippen LogP contribution in [0.4, 0.5) is 5.69 Å². The molecule has 0 radical (unpaired) electrons. The Morgan fingerprint density at radius 3 is 2.52 bits per heavy atom. The van der Waals surface area contributed by atoms with Crippen molar-refractivity contribution >= 4 is 17.5 Å². The Morgan fingerprint density at radius 2 is 1.76 bits per heavy atom. The number of aromatic nitrogens is 4. The van der Waals surface area contributed by atoms with Gasteiger partial charge in [0.15, 0.2) is 0 Å². The second-order valence-corrected chi connectivity index (χ2v) is 8.15. The molecule has 2 amide bonds. The van der Waals surface area contributed by atoms with E-state index in [1.807, 2.05) is 51.1 Å². The first-order chi connectivity index (χ1) is 15.9. The van der Waals surface area contributed by atoms with E-state index in [1.165, 1.54) is 6.20 Å². The Balaban J connectivity index is 1.43. The predicted octanol–water partition coefficient (Wildman–Crippen LogP) is 4.14. The quantitative estimate of drug-likeness (QED) is 0.450. The average molecular weight is 443 g/mol. The van der Waals surface area contributed by atoms with E-state index in [1.54, 1.807) is 46.2 Å². The number of amides is 2. The minimum atomic E-state index is -0.247. The third kappa shape index (κ3) is 5.35. The van der Waals surface area contributed by atoms with E-state index in [4.69, 9.17) is 0 Å². The predicted molar refractivity (Wildman–Crippen MR) is 126 cm³/mol. The lowest BCUT2D eigenvalue weighted by Crippen LogP contribution is -2.22. The van der Waals surface area contributed by atoms with E-state index < -0.39 is 0 Å². The number of carbonyl (C=O) groups excluding carboxylic acids is 2. The summed E-state index contributed by atoms with van der Waals surface area (Å²) in [5.41, 5.74) is 4.41. The minimum Gasteiger partial charge on any atom is -0.348 e. The Kier molecular flexibility index (Phi) is 6.35. The van der Waals surface area contributed by atoms with E-state index >= 15 is 0 Å². The first-order valence-corrected chi connectivity index (χ1v) is 10.7. The van der Waals surface area contributed by atoms with Gasteiger partial charge < -0.3 is 10.6 Å². The van der Waals surface area contributed by atoms with E-state index in [0.29, 0.717) is 29.0 Å². The van der Waals surface area contributed by atoms with Crippen LogP contribution in [0.25, 0.3) is 5.69 Å². The molecule has 0 aliphatic rings. The molecule has 0 aliphatic heterocycles. The second kappa shape index (κ2) is 9.52. The molecule has 2 heterocycles. The van der Waals surface area contributed by atoms with Crippen molar-refractivity contribution in [1.29, 1.82) is 0 Å². The number of hydrogen-bond donors (Lipinski definition) is 2. The van der Waals surface area contributed by atoms with E-state index in [-0.39, 0.29) is 17.9 Å². The van der Waals surface area contributed by atoms with Gasteiger partial charge in [-0.2, -0.15) is 10.2 Å². The maximum atomic E-state index is 12.7. The second-order valence-electron chi connectivity index (χ2n) is 8.15. The average Bonchev–Trinajstić information content (AvgIpc) is 3.48. The maximum absolute atomic E-state index is 12.7. The van der Waals surface area contributed by atoms with Crippen LogP contribution in [0.1, 0.15) is 51.7 Å². The molecule has 0 unspecified atom stereocenters. The molecule has 168 valence electrons. The molecule has 4 rings (SSSR count). The summed E-state index contributed by atoms with van der Waals surface area (Å²) in [6.45, 7) is 6.49. The zero-order valence-electron chi connectivity index (χ0n) is 18.8. The SMILES string of the molecule is Cc1cccc(CNC(=O)c2cnn(-c3cccc(C(=O)Nc4cnn(C(C)C)c4)c3)c2)c1. The number of nitrogens with zero attached hydrogens (tertiary/aromatic N) is 4. The highest BCUT2D eigenvalue weighted by atomic mass is 16.2. The van der Waals surface area contributed by atoms with Crippen LogP contribution in [-0.2, 0) is 6.54 Å². The summed E-state index contributed by atoms with van der Waals surface area (Å²) >= 11 is 0. The van der Waals surface area contributed by atoms with Gasteiger partial charge in [0.2, 0.25) is 0 Å². The van der Waals surface area contributed by atoms with Crippen molar-refractivity contribution < 1.29 is 9.59 Å². The Morgan fingerprint density at radius 1 is 0.939 bits per heavy atom. The number of hydrogen-bond acceptors (Lipinski definition) is 4. The van der Waals surface area contributed by atoms with E-state index in [2.05, 4.69) is 20.8 Å². The molecule has 2 aromatic carbocycles. The van der Waals surface area contributed by atoms with Crippen molar-refractivity contribution in [1.82, 2.24) is 24.9 Å². The minimum absolute atomic E-state index is 0.209. The smallest absolute Gasteiger partial charge is 0.255 e. The van der Waals surface area contributed by atoms with Crippen LogP contribution in [0, 0.1) is 6.92 Å². The fourth-order valence-electron chi connectivity index (χ4n) is 3.37. The number of rotatable bonds is 7. The zero-order valence-corrected chi connectivity index (χ0v) is 18.8. The lowest BCUT2D eigenvalue weighted by Gasteiger charge is -2.07. The van der Waals surface area contributed by atoms with Gasteiger partial charge in [0.1, 0.15) is 0 Å². The Labute approximate surface area is 192 Å². The number of nitrogens with one attached hydrogen (secondary N) is 2. The molecule has 33 heavy (non-hydrogen) atoms. The van der Waals surface area contributed by atoms with Crippen LogP contribution in [0.5, 0.6) is 0 Å². The van der Waals surface area contributed by atoms with Gasteiger partial charge in [-0.1, -0.05) is 35.9 Å². The van der Waals surface area contributed by atoms with Gasteiger partial charge in [-0.3, -0.25) is 14.3 Å². The largest absolute Gasteiger partial charge is 0.348 e. The van der Waals surface area contributed by atoms with Crippen LogP contribution in [0.3, 0.4) is 0 Å². The molecule has 2 N–H and O–H groups in total. The lowest BCUT2D eigenvalue weighted by atomic mass is 10.1. The summed E-state index contributed by atoms with van der Waals surface area (Å²) < 4.78 is 3.36. The van der Waals surface area contributed by atoms with Crippen molar-refractivity contribution in [2.45, 2.75) is 33.4 Å². The summed E-state index contributed by atoms with van der Waals surface area (Å²) in [6, 6.07) is 15.3. The van der Waals surface area contributed by atoms with Gasteiger partial charge in [0.25, 0.3) is 11.8 Å². The van der Waals surface area contributed by atoms with E-state index in [0.717, 1.165) is 11.1 Å². The van der Waals surface area contributed by atoms with Crippen LogP contribution in [0.2, 0.25) is 0 Å². The van der Waals surface area contributed by atoms with Crippen molar-refractivity contribution in [3.05, 3.63) is 95.6 Å². The van der Waals surface area contributed by atoms with Crippen LogP contribution in [-0.4, -0.2) is 31.4 Å². The standard InChI is InChI=1S/C25H26N6O2/c1-17(2)30-16-22(14-28-30)29-25(33)20-8-5-9-23(11-20)31-15-21(13-27-31)24(32)26-12-19-7-4-6-18(3)10-19/h4-11,13-17H,12H2,1-3H3,(H,26,32)(H,29,33). The highest BCUT2D eigenvalue weighted by Gasteiger charge is 2.12. The molecule has 4 aromatic rings. The highest BCUT2D eigenvalue weighted by Crippen LogP contribution is 2.15. The van der Waals surface area contributed by atoms with Gasteiger partial charge in [-0.15, -0.1) is 0 Å². The summed E-state index contributed by atoms with van der Waals surface area (Å²) in [4.78, 5) is 25.2. The summed E-state index contributed by atoms with van der Waals surface area (Å²) in [7, 11) is 0. The van der Waals surface area contributed by atoms with Crippen LogP contribution in [0.15, 0.2) is 73.3 Å². The third-order valence-corrected chi connectivity index (χ3v) is 5.14. The Hall–Kier alpha value is -4.20. The topological polar surface area (TPSA) is 93.8 Å². The molecule has 2 aromatic heterocycles. The monoisotopic (exact) mass is 442 g/mol. The summed E-state index contributed by atoms with van der Waals surface area (Å²) in [6.07, 6.45) is 6.58.